The van der Waals surface area contributed by atoms with Crippen LogP contribution in [0.15, 0.2) is 60.7 Å². The summed E-state index contributed by atoms with van der Waals surface area (Å²) in [6.45, 7) is 4.98. The fraction of sp³-hybridized carbons (Fsp3) is 0.304. The number of fused-ring (bicyclic) bond motifs is 1. The number of nitrogens with one attached hydrogen (secondary N) is 1. The van der Waals surface area contributed by atoms with Crippen molar-refractivity contribution in [1.82, 2.24) is 9.97 Å². The Morgan fingerprint density at radius 2 is 1.74 bits per heavy atom. The molecule has 0 spiro atoms. The Kier molecular flexibility index (Phi) is 5.33. The molecular formula is C23H26N4. The fourth-order valence-corrected chi connectivity index (χ4v) is 3.50. The summed E-state index contributed by atoms with van der Waals surface area (Å²) in [6, 6.07) is 21.2. The minimum Gasteiger partial charge on any atom is -0.354 e. The molecule has 0 aliphatic carbocycles. The Bertz CT molecular complexity index is 892. The Morgan fingerprint density at radius 1 is 0.963 bits per heavy atom. The molecule has 1 aliphatic heterocycles. The predicted octanol–water partition coefficient (Wildman–Crippen LogP) is 4.92. The van der Waals surface area contributed by atoms with E-state index < -0.39 is 0 Å². The third kappa shape index (κ3) is 4.11. The van der Waals surface area contributed by atoms with Gasteiger partial charge in [0.1, 0.15) is 5.82 Å². The van der Waals surface area contributed by atoms with Crippen LogP contribution in [0.25, 0.3) is 11.3 Å². The monoisotopic (exact) mass is 358 g/mol. The summed E-state index contributed by atoms with van der Waals surface area (Å²) in [4.78, 5) is 12.0. The number of hydrogen-bond acceptors (Lipinski definition) is 4. The maximum Gasteiger partial charge on any atom is 0.225 e. The normalized spacial score (nSPS) is 13.3. The number of rotatable bonds is 6. The van der Waals surface area contributed by atoms with Gasteiger partial charge in [0.05, 0.1) is 5.69 Å². The van der Waals surface area contributed by atoms with E-state index in [1.807, 2.05) is 6.07 Å². The molecule has 0 radical (unpaired) electrons. The third-order valence-electron chi connectivity index (χ3n) is 5.05. The molecule has 4 nitrogen and oxygen atoms in total. The molecule has 1 aromatic heterocycles. The highest BCUT2D eigenvalue weighted by atomic mass is 15.2. The van der Waals surface area contributed by atoms with E-state index in [1.54, 1.807) is 0 Å². The Balaban J connectivity index is 1.66. The SMILES string of the molecule is CCCCNc1nc(-c2ccccc2)cc(N2CCc3ccccc3C2)n1. The maximum atomic E-state index is 4.83. The lowest BCUT2D eigenvalue weighted by atomic mass is 10.00. The maximum absolute atomic E-state index is 4.83. The van der Waals surface area contributed by atoms with Crippen molar-refractivity contribution >= 4 is 11.8 Å². The van der Waals surface area contributed by atoms with Crippen molar-refractivity contribution < 1.29 is 0 Å². The van der Waals surface area contributed by atoms with Crippen molar-refractivity contribution in [3.63, 3.8) is 0 Å². The van der Waals surface area contributed by atoms with Crippen molar-refractivity contribution in [2.75, 3.05) is 23.3 Å². The molecule has 0 bridgehead atoms. The molecule has 1 N–H and O–H groups in total. The van der Waals surface area contributed by atoms with Gasteiger partial charge in [0, 0.05) is 31.3 Å². The molecule has 2 heterocycles. The third-order valence-corrected chi connectivity index (χ3v) is 5.05. The van der Waals surface area contributed by atoms with Gasteiger partial charge in [-0.3, -0.25) is 0 Å². The van der Waals surface area contributed by atoms with E-state index in [0.717, 1.165) is 61.9 Å². The molecule has 0 saturated carbocycles. The van der Waals surface area contributed by atoms with Crippen molar-refractivity contribution in [3.8, 4) is 11.3 Å². The standard InChI is InChI=1S/C23H26N4/c1-2-3-14-24-23-25-21(19-10-5-4-6-11-19)16-22(26-23)27-15-13-18-9-7-8-12-20(18)17-27/h4-12,16H,2-3,13-15,17H2,1H3,(H,24,25,26). The lowest BCUT2D eigenvalue weighted by Gasteiger charge is -2.30. The molecule has 4 rings (SSSR count). The van der Waals surface area contributed by atoms with Crippen LogP contribution in [0.4, 0.5) is 11.8 Å². The van der Waals surface area contributed by atoms with Crippen LogP contribution in [0.5, 0.6) is 0 Å². The first-order chi connectivity index (χ1) is 13.3. The summed E-state index contributed by atoms with van der Waals surface area (Å²) in [5, 5.41) is 3.41. The van der Waals surface area contributed by atoms with Gasteiger partial charge >= 0.3 is 0 Å². The van der Waals surface area contributed by atoms with E-state index in [2.05, 4.69) is 71.7 Å². The van der Waals surface area contributed by atoms with Crippen LogP contribution < -0.4 is 10.2 Å². The molecule has 3 aromatic rings. The van der Waals surface area contributed by atoms with Gasteiger partial charge in [-0.2, -0.15) is 4.98 Å². The average Bonchev–Trinajstić information content (AvgIpc) is 2.74. The highest BCUT2D eigenvalue weighted by Crippen LogP contribution is 2.27. The summed E-state index contributed by atoms with van der Waals surface area (Å²) in [6.07, 6.45) is 3.33. The lowest BCUT2D eigenvalue weighted by Crippen LogP contribution is -2.31. The first-order valence-corrected chi connectivity index (χ1v) is 9.83. The summed E-state index contributed by atoms with van der Waals surface area (Å²) in [5.74, 6) is 1.72. The number of anilines is 2. The minimum atomic E-state index is 0.721. The molecule has 4 heteroatoms. The van der Waals surface area contributed by atoms with Crippen molar-refractivity contribution in [3.05, 3.63) is 71.8 Å². The highest BCUT2D eigenvalue weighted by Gasteiger charge is 2.19. The number of nitrogens with zero attached hydrogens (tertiary/aromatic N) is 3. The van der Waals surface area contributed by atoms with Crippen molar-refractivity contribution in [2.45, 2.75) is 32.7 Å². The van der Waals surface area contributed by atoms with E-state index in [-0.39, 0.29) is 0 Å². The minimum absolute atomic E-state index is 0.721. The molecule has 0 amide bonds. The van der Waals surface area contributed by atoms with Crippen LogP contribution in [0.3, 0.4) is 0 Å². The van der Waals surface area contributed by atoms with Gasteiger partial charge in [-0.15, -0.1) is 0 Å². The zero-order valence-electron chi connectivity index (χ0n) is 15.9. The highest BCUT2D eigenvalue weighted by molar-refractivity contribution is 5.65. The predicted molar refractivity (Wildman–Crippen MR) is 112 cm³/mol. The quantitative estimate of drug-likeness (QED) is 0.635. The topological polar surface area (TPSA) is 41.1 Å². The van der Waals surface area contributed by atoms with E-state index in [9.17, 15) is 0 Å². The summed E-state index contributed by atoms with van der Waals surface area (Å²) in [7, 11) is 0. The van der Waals surface area contributed by atoms with E-state index in [0.29, 0.717) is 0 Å². The summed E-state index contributed by atoms with van der Waals surface area (Å²) in [5.41, 5.74) is 4.94. The van der Waals surface area contributed by atoms with Crippen LogP contribution >= 0.6 is 0 Å². The number of hydrogen-bond donors (Lipinski definition) is 1. The summed E-state index contributed by atoms with van der Waals surface area (Å²) >= 11 is 0. The second kappa shape index (κ2) is 8.21. The Labute approximate surface area is 161 Å². The molecule has 0 fully saturated rings. The molecular weight excluding hydrogens is 332 g/mol. The van der Waals surface area contributed by atoms with Crippen LogP contribution in [0, 0.1) is 0 Å². The summed E-state index contributed by atoms with van der Waals surface area (Å²) < 4.78 is 0. The molecule has 0 unspecified atom stereocenters. The number of benzene rings is 2. The number of aromatic nitrogens is 2. The van der Waals surface area contributed by atoms with E-state index >= 15 is 0 Å². The van der Waals surface area contributed by atoms with Crippen molar-refractivity contribution in [1.29, 1.82) is 0 Å². The first kappa shape index (κ1) is 17.5. The first-order valence-electron chi connectivity index (χ1n) is 9.83. The van der Waals surface area contributed by atoms with Gasteiger partial charge in [-0.05, 0) is 24.0 Å². The Hall–Kier alpha value is -2.88. The Morgan fingerprint density at radius 3 is 2.56 bits per heavy atom. The van der Waals surface area contributed by atoms with Gasteiger partial charge in [0.25, 0.3) is 0 Å². The van der Waals surface area contributed by atoms with E-state index in [4.69, 9.17) is 9.97 Å². The van der Waals surface area contributed by atoms with Crippen LogP contribution in [-0.4, -0.2) is 23.1 Å². The average molecular weight is 358 g/mol. The fourth-order valence-electron chi connectivity index (χ4n) is 3.50. The van der Waals surface area contributed by atoms with Gasteiger partial charge in [0.2, 0.25) is 5.95 Å². The lowest BCUT2D eigenvalue weighted by molar-refractivity contribution is 0.719. The number of unbranched alkanes of at least 4 members (excludes halogenated alkanes) is 1. The van der Waals surface area contributed by atoms with Gasteiger partial charge in [0.15, 0.2) is 0 Å². The molecule has 2 aromatic carbocycles. The van der Waals surface area contributed by atoms with Gasteiger partial charge in [-0.25, -0.2) is 4.98 Å². The van der Waals surface area contributed by atoms with Crippen LogP contribution in [0.2, 0.25) is 0 Å². The second-order valence-corrected chi connectivity index (χ2v) is 7.02. The zero-order chi connectivity index (χ0) is 18.5. The van der Waals surface area contributed by atoms with Crippen LogP contribution in [-0.2, 0) is 13.0 Å². The van der Waals surface area contributed by atoms with Crippen LogP contribution in [0.1, 0.15) is 30.9 Å². The molecule has 1 aliphatic rings. The molecule has 138 valence electrons. The smallest absolute Gasteiger partial charge is 0.225 e. The van der Waals surface area contributed by atoms with E-state index in [1.165, 1.54) is 11.1 Å². The molecule has 27 heavy (non-hydrogen) atoms. The van der Waals surface area contributed by atoms with Gasteiger partial charge in [-0.1, -0.05) is 67.9 Å². The second-order valence-electron chi connectivity index (χ2n) is 7.02. The largest absolute Gasteiger partial charge is 0.354 e. The molecule has 0 saturated heterocycles. The molecule has 0 atom stereocenters. The van der Waals surface area contributed by atoms with Gasteiger partial charge < -0.3 is 10.2 Å². The van der Waals surface area contributed by atoms with Crippen molar-refractivity contribution in [2.24, 2.45) is 0 Å². The zero-order valence-corrected chi connectivity index (χ0v) is 15.9.